The number of hydrogen-bond donors (Lipinski definition) is 1. The predicted octanol–water partition coefficient (Wildman–Crippen LogP) is 1.81. The standard InChI is InChI=1S/C13H20ClNO4S/c1-13(19-3,10-18-2)9-15-20(16,17)8-11-6-4-5-7-12(11)14/h4-7,15H,8-10H2,1-3H3/t13-/m0/s1. The Morgan fingerprint density at radius 1 is 1.30 bits per heavy atom. The van der Waals surface area contributed by atoms with E-state index >= 15 is 0 Å². The van der Waals surface area contributed by atoms with Crippen LogP contribution < -0.4 is 4.72 Å². The largest absolute Gasteiger partial charge is 0.382 e. The number of benzene rings is 1. The average Bonchev–Trinajstić information content (AvgIpc) is 2.40. The summed E-state index contributed by atoms with van der Waals surface area (Å²) in [6.45, 7) is 2.19. The minimum atomic E-state index is -3.49. The van der Waals surface area contributed by atoms with Gasteiger partial charge in [0.05, 0.1) is 12.4 Å². The van der Waals surface area contributed by atoms with Gasteiger partial charge in [0.15, 0.2) is 0 Å². The van der Waals surface area contributed by atoms with Gasteiger partial charge in [0.2, 0.25) is 10.0 Å². The highest BCUT2D eigenvalue weighted by Crippen LogP contribution is 2.17. The predicted molar refractivity (Wildman–Crippen MR) is 79.4 cm³/mol. The van der Waals surface area contributed by atoms with Crippen molar-refractivity contribution in [1.82, 2.24) is 4.72 Å². The Morgan fingerprint density at radius 3 is 2.50 bits per heavy atom. The van der Waals surface area contributed by atoms with Gasteiger partial charge in [-0.15, -0.1) is 0 Å². The average molecular weight is 322 g/mol. The van der Waals surface area contributed by atoms with E-state index in [9.17, 15) is 8.42 Å². The highest BCUT2D eigenvalue weighted by Gasteiger charge is 2.26. The van der Waals surface area contributed by atoms with Crippen LogP contribution in [0, 0.1) is 0 Å². The summed E-state index contributed by atoms with van der Waals surface area (Å²) in [4.78, 5) is 0. The SMILES string of the molecule is COC[C@](C)(CNS(=O)(=O)Cc1ccccc1Cl)OC. The number of nitrogens with one attached hydrogen (secondary N) is 1. The molecule has 0 aromatic heterocycles. The van der Waals surface area contributed by atoms with Crippen molar-refractivity contribution in [2.45, 2.75) is 18.3 Å². The van der Waals surface area contributed by atoms with E-state index in [1.54, 1.807) is 31.2 Å². The molecule has 0 spiro atoms. The maximum absolute atomic E-state index is 12.1. The molecule has 20 heavy (non-hydrogen) atoms. The molecule has 1 aromatic rings. The van der Waals surface area contributed by atoms with Gasteiger partial charge in [-0.05, 0) is 18.6 Å². The number of sulfonamides is 1. The molecule has 1 N–H and O–H groups in total. The summed E-state index contributed by atoms with van der Waals surface area (Å²) in [5, 5.41) is 0.435. The molecule has 0 unspecified atom stereocenters. The van der Waals surface area contributed by atoms with Crippen molar-refractivity contribution in [2.24, 2.45) is 0 Å². The molecule has 114 valence electrons. The van der Waals surface area contributed by atoms with Crippen molar-refractivity contribution in [3.05, 3.63) is 34.9 Å². The van der Waals surface area contributed by atoms with Gasteiger partial charge in [0, 0.05) is 25.8 Å². The topological polar surface area (TPSA) is 64.6 Å². The molecular weight excluding hydrogens is 302 g/mol. The van der Waals surface area contributed by atoms with E-state index in [2.05, 4.69) is 4.72 Å². The number of hydrogen-bond acceptors (Lipinski definition) is 4. The Balaban J connectivity index is 2.69. The minimum absolute atomic E-state index is 0.129. The molecule has 0 saturated heterocycles. The smallest absolute Gasteiger partial charge is 0.215 e. The normalized spacial score (nSPS) is 15.0. The van der Waals surface area contributed by atoms with E-state index in [0.717, 1.165) is 0 Å². The lowest BCUT2D eigenvalue weighted by atomic mass is 10.1. The molecular formula is C13H20ClNO4S. The number of halogens is 1. The lowest BCUT2D eigenvalue weighted by Gasteiger charge is -2.27. The van der Waals surface area contributed by atoms with Crippen LogP contribution in [-0.4, -0.2) is 41.4 Å². The van der Waals surface area contributed by atoms with Gasteiger partial charge in [-0.25, -0.2) is 13.1 Å². The third-order valence-electron chi connectivity index (χ3n) is 2.91. The van der Waals surface area contributed by atoms with E-state index in [1.807, 2.05) is 0 Å². The Hall–Kier alpha value is -0.660. The van der Waals surface area contributed by atoms with Crippen molar-refractivity contribution >= 4 is 21.6 Å². The van der Waals surface area contributed by atoms with Crippen LogP contribution in [-0.2, 0) is 25.2 Å². The molecule has 0 amide bonds. The molecule has 0 aliphatic heterocycles. The molecule has 0 bridgehead atoms. The molecule has 0 aliphatic rings. The fraction of sp³-hybridized carbons (Fsp3) is 0.538. The fourth-order valence-electron chi connectivity index (χ4n) is 1.62. The summed E-state index contributed by atoms with van der Waals surface area (Å²) in [6, 6.07) is 6.86. The van der Waals surface area contributed by atoms with Crippen LogP contribution in [0.3, 0.4) is 0 Å². The first-order valence-corrected chi connectivity index (χ1v) is 8.10. The van der Waals surface area contributed by atoms with Crippen molar-refractivity contribution in [2.75, 3.05) is 27.4 Å². The van der Waals surface area contributed by atoms with Gasteiger partial charge in [-0.2, -0.15) is 0 Å². The second kappa shape index (κ2) is 7.38. The summed E-state index contributed by atoms with van der Waals surface area (Å²) in [6.07, 6.45) is 0. The van der Waals surface area contributed by atoms with Crippen LogP contribution in [0.25, 0.3) is 0 Å². The van der Waals surface area contributed by atoms with Crippen molar-refractivity contribution in [3.63, 3.8) is 0 Å². The number of rotatable bonds is 8. The quantitative estimate of drug-likeness (QED) is 0.793. The van der Waals surface area contributed by atoms with Crippen molar-refractivity contribution < 1.29 is 17.9 Å². The summed E-state index contributed by atoms with van der Waals surface area (Å²) in [5.74, 6) is -0.167. The third kappa shape index (κ3) is 5.38. The molecule has 5 nitrogen and oxygen atoms in total. The molecule has 0 heterocycles. The molecule has 0 saturated carbocycles. The van der Waals surface area contributed by atoms with Crippen LogP contribution in [0.1, 0.15) is 12.5 Å². The maximum Gasteiger partial charge on any atom is 0.215 e. The highest BCUT2D eigenvalue weighted by molar-refractivity contribution is 7.88. The summed E-state index contributed by atoms with van der Waals surface area (Å²) in [7, 11) is -0.436. The van der Waals surface area contributed by atoms with Gasteiger partial charge in [-0.3, -0.25) is 0 Å². The molecule has 0 radical (unpaired) electrons. The van der Waals surface area contributed by atoms with Crippen molar-refractivity contribution in [3.8, 4) is 0 Å². The van der Waals surface area contributed by atoms with E-state index in [-0.39, 0.29) is 18.9 Å². The van der Waals surface area contributed by atoms with E-state index < -0.39 is 15.6 Å². The van der Waals surface area contributed by atoms with Gasteiger partial charge in [0.1, 0.15) is 5.60 Å². The second-order valence-corrected chi connectivity index (χ2v) is 6.97. The lowest BCUT2D eigenvalue weighted by Crippen LogP contribution is -2.45. The van der Waals surface area contributed by atoms with E-state index in [1.165, 1.54) is 14.2 Å². The second-order valence-electron chi connectivity index (χ2n) is 4.76. The Kier molecular flexibility index (Phi) is 6.42. The van der Waals surface area contributed by atoms with Crippen LogP contribution in [0.5, 0.6) is 0 Å². The zero-order valence-electron chi connectivity index (χ0n) is 11.8. The summed E-state index contributed by atoms with van der Waals surface area (Å²) < 4.78 is 36.9. The highest BCUT2D eigenvalue weighted by atomic mass is 35.5. The summed E-state index contributed by atoms with van der Waals surface area (Å²) in [5.41, 5.74) is -0.144. The first-order valence-electron chi connectivity index (χ1n) is 6.07. The zero-order chi connectivity index (χ0) is 15.2. The maximum atomic E-state index is 12.1. The van der Waals surface area contributed by atoms with Gasteiger partial charge in [-0.1, -0.05) is 29.8 Å². The van der Waals surface area contributed by atoms with Crippen molar-refractivity contribution in [1.29, 1.82) is 0 Å². The molecule has 1 rings (SSSR count). The van der Waals surface area contributed by atoms with Gasteiger partial charge < -0.3 is 9.47 Å². The summed E-state index contributed by atoms with van der Waals surface area (Å²) >= 11 is 5.96. The first kappa shape index (κ1) is 17.4. The Labute approximate surface area is 125 Å². The fourth-order valence-corrected chi connectivity index (χ4v) is 3.19. The molecule has 0 aliphatic carbocycles. The van der Waals surface area contributed by atoms with Crippen LogP contribution >= 0.6 is 11.6 Å². The van der Waals surface area contributed by atoms with Crippen LogP contribution in [0.15, 0.2) is 24.3 Å². The lowest BCUT2D eigenvalue weighted by molar-refractivity contribution is -0.0460. The molecule has 1 atom stereocenters. The van der Waals surface area contributed by atoms with Crippen LogP contribution in [0.4, 0.5) is 0 Å². The molecule has 1 aromatic carbocycles. The Bertz CT molecular complexity index is 535. The zero-order valence-corrected chi connectivity index (χ0v) is 13.4. The van der Waals surface area contributed by atoms with E-state index in [4.69, 9.17) is 21.1 Å². The first-order chi connectivity index (χ1) is 9.32. The third-order valence-corrected chi connectivity index (χ3v) is 4.56. The van der Waals surface area contributed by atoms with Crippen LogP contribution in [0.2, 0.25) is 5.02 Å². The molecule has 0 fully saturated rings. The monoisotopic (exact) mass is 321 g/mol. The number of ether oxygens (including phenoxy) is 2. The number of methoxy groups -OCH3 is 2. The minimum Gasteiger partial charge on any atom is -0.382 e. The Morgan fingerprint density at radius 2 is 1.95 bits per heavy atom. The van der Waals surface area contributed by atoms with Gasteiger partial charge >= 0.3 is 0 Å². The van der Waals surface area contributed by atoms with E-state index in [0.29, 0.717) is 10.6 Å². The molecule has 7 heteroatoms. The van der Waals surface area contributed by atoms with Gasteiger partial charge in [0.25, 0.3) is 0 Å².